The summed E-state index contributed by atoms with van der Waals surface area (Å²) in [6.07, 6.45) is -0.0440. The fourth-order valence-corrected chi connectivity index (χ4v) is 1.21. The SMILES string of the molecule is COCCN(C)CCNC(=O)N(C)CCC(=O)O. The number of aliphatic carboxylic acids is 1. The first-order valence-electron chi connectivity index (χ1n) is 5.85. The fraction of sp³-hybridized carbons (Fsp3) is 0.818. The molecule has 0 aliphatic heterocycles. The van der Waals surface area contributed by atoms with Gasteiger partial charge >= 0.3 is 12.0 Å². The molecule has 7 heteroatoms. The van der Waals surface area contributed by atoms with E-state index in [1.165, 1.54) is 4.90 Å². The lowest BCUT2D eigenvalue weighted by molar-refractivity contribution is -0.137. The van der Waals surface area contributed by atoms with Crippen molar-refractivity contribution in [3.05, 3.63) is 0 Å². The van der Waals surface area contributed by atoms with E-state index in [1.807, 2.05) is 11.9 Å². The molecule has 0 aromatic carbocycles. The minimum atomic E-state index is -0.908. The molecule has 0 saturated heterocycles. The van der Waals surface area contributed by atoms with Crippen LogP contribution in [0.15, 0.2) is 0 Å². The molecule has 2 N–H and O–H groups in total. The molecule has 0 aromatic rings. The van der Waals surface area contributed by atoms with Gasteiger partial charge in [0.15, 0.2) is 0 Å². The van der Waals surface area contributed by atoms with Gasteiger partial charge in [0.05, 0.1) is 13.0 Å². The number of carbonyl (C=O) groups is 2. The van der Waals surface area contributed by atoms with Crippen molar-refractivity contribution >= 4 is 12.0 Å². The second kappa shape index (κ2) is 9.67. The number of carboxylic acid groups (broad SMARTS) is 1. The minimum absolute atomic E-state index is 0.0440. The van der Waals surface area contributed by atoms with Crippen LogP contribution in [0.4, 0.5) is 4.79 Å². The van der Waals surface area contributed by atoms with Crippen molar-refractivity contribution in [1.29, 1.82) is 0 Å². The third-order valence-corrected chi connectivity index (χ3v) is 2.45. The first kappa shape index (κ1) is 16.7. The molecule has 0 heterocycles. The Bertz CT molecular complexity index is 261. The molecule has 0 bridgehead atoms. The van der Waals surface area contributed by atoms with Crippen LogP contribution in [0.5, 0.6) is 0 Å². The second-order valence-corrected chi connectivity index (χ2v) is 4.09. The van der Waals surface area contributed by atoms with E-state index in [-0.39, 0.29) is 19.0 Å². The summed E-state index contributed by atoms with van der Waals surface area (Å²) < 4.78 is 4.94. The van der Waals surface area contributed by atoms with E-state index >= 15 is 0 Å². The predicted molar refractivity (Wildman–Crippen MR) is 67.7 cm³/mol. The molecule has 0 aliphatic carbocycles. The summed E-state index contributed by atoms with van der Waals surface area (Å²) in [6, 6.07) is -0.253. The number of carbonyl (C=O) groups excluding carboxylic acids is 1. The van der Waals surface area contributed by atoms with Crippen molar-refractivity contribution in [3.8, 4) is 0 Å². The zero-order chi connectivity index (χ0) is 14.0. The zero-order valence-corrected chi connectivity index (χ0v) is 11.3. The van der Waals surface area contributed by atoms with Crippen LogP contribution in [0.1, 0.15) is 6.42 Å². The number of nitrogens with one attached hydrogen (secondary N) is 1. The average Bonchev–Trinajstić information content (AvgIpc) is 2.33. The molecule has 0 aromatic heterocycles. The highest BCUT2D eigenvalue weighted by atomic mass is 16.5. The summed E-state index contributed by atoms with van der Waals surface area (Å²) in [5.41, 5.74) is 0. The van der Waals surface area contributed by atoms with E-state index in [1.54, 1.807) is 14.2 Å². The Morgan fingerprint density at radius 2 is 1.89 bits per heavy atom. The van der Waals surface area contributed by atoms with Crippen molar-refractivity contribution in [2.24, 2.45) is 0 Å². The van der Waals surface area contributed by atoms with Gasteiger partial charge in [-0.15, -0.1) is 0 Å². The van der Waals surface area contributed by atoms with Gasteiger partial charge in [-0.1, -0.05) is 0 Å². The number of amides is 2. The number of hydrogen-bond donors (Lipinski definition) is 2. The van der Waals surface area contributed by atoms with E-state index in [4.69, 9.17) is 9.84 Å². The number of urea groups is 1. The third kappa shape index (κ3) is 8.77. The Hall–Kier alpha value is -1.34. The highest BCUT2D eigenvalue weighted by Crippen LogP contribution is 1.89. The van der Waals surface area contributed by atoms with Crippen molar-refractivity contribution in [2.75, 3.05) is 54.0 Å². The molecule has 7 nitrogen and oxygen atoms in total. The molecule has 0 atom stereocenters. The van der Waals surface area contributed by atoms with E-state index in [9.17, 15) is 9.59 Å². The quantitative estimate of drug-likeness (QED) is 0.594. The average molecular weight is 261 g/mol. The van der Waals surface area contributed by atoms with Gasteiger partial charge in [0, 0.05) is 40.3 Å². The van der Waals surface area contributed by atoms with Crippen LogP contribution in [-0.2, 0) is 9.53 Å². The lowest BCUT2D eigenvalue weighted by Gasteiger charge is -2.19. The number of rotatable bonds is 9. The van der Waals surface area contributed by atoms with Gasteiger partial charge in [-0.05, 0) is 7.05 Å². The normalized spacial score (nSPS) is 10.4. The van der Waals surface area contributed by atoms with Crippen molar-refractivity contribution < 1.29 is 19.4 Å². The fourth-order valence-electron chi connectivity index (χ4n) is 1.21. The number of ether oxygens (including phenoxy) is 1. The van der Waals surface area contributed by atoms with Crippen LogP contribution >= 0.6 is 0 Å². The van der Waals surface area contributed by atoms with Gasteiger partial charge in [-0.3, -0.25) is 4.79 Å². The third-order valence-electron chi connectivity index (χ3n) is 2.45. The molecule has 0 aliphatic rings. The van der Waals surface area contributed by atoms with Crippen LogP contribution in [0.2, 0.25) is 0 Å². The highest BCUT2D eigenvalue weighted by molar-refractivity contribution is 5.74. The van der Waals surface area contributed by atoms with Crippen LogP contribution in [0.3, 0.4) is 0 Å². The Labute approximate surface area is 108 Å². The molecule has 0 unspecified atom stereocenters. The van der Waals surface area contributed by atoms with E-state index in [2.05, 4.69) is 5.32 Å². The second-order valence-electron chi connectivity index (χ2n) is 4.09. The lowest BCUT2D eigenvalue weighted by atomic mass is 10.4. The lowest BCUT2D eigenvalue weighted by Crippen LogP contribution is -2.41. The first-order chi connectivity index (χ1) is 8.47. The monoisotopic (exact) mass is 261 g/mol. The highest BCUT2D eigenvalue weighted by Gasteiger charge is 2.09. The number of nitrogens with zero attached hydrogens (tertiary/aromatic N) is 2. The molecule has 106 valence electrons. The Kier molecular flexibility index (Phi) is 8.95. The van der Waals surface area contributed by atoms with Crippen molar-refractivity contribution in [3.63, 3.8) is 0 Å². The predicted octanol–water partition coefficient (Wildman–Crippen LogP) is -0.319. The summed E-state index contributed by atoms with van der Waals surface area (Å²) in [4.78, 5) is 25.3. The largest absolute Gasteiger partial charge is 0.481 e. The van der Waals surface area contributed by atoms with Gasteiger partial charge < -0.3 is 25.0 Å². The van der Waals surface area contributed by atoms with Crippen molar-refractivity contribution in [2.45, 2.75) is 6.42 Å². The zero-order valence-electron chi connectivity index (χ0n) is 11.3. The topological polar surface area (TPSA) is 82.1 Å². The molecule has 0 saturated carbocycles. The van der Waals surface area contributed by atoms with Crippen LogP contribution in [0, 0.1) is 0 Å². The smallest absolute Gasteiger partial charge is 0.317 e. The van der Waals surface area contributed by atoms with E-state index in [0.29, 0.717) is 13.2 Å². The van der Waals surface area contributed by atoms with E-state index in [0.717, 1.165) is 13.1 Å². The molecular weight excluding hydrogens is 238 g/mol. The Morgan fingerprint density at radius 1 is 1.22 bits per heavy atom. The van der Waals surface area contributed by atoms with Gasteiger partial charge in [0.2, 0.25) is 0 Å². The molecule has 0 fully saturated rings. The minimum Gasteiger partial charge on any atom is -0.481 e. The Balaban J connectivity index is 3.65. The van der Waals surface area contributed by atoms with Gasteiger partial charge in [0.25, 0.3) is 0 Å². The van der Waals surface area contributed by atoms with Gasteiger partial charge in [-0.2, -0.15) is 0 Å². The molecular formula is C11H23N3O4. The maximum Gasteiger partial charge on any atom is 0.317 e. The van der Waals surface area contributed by atoms with Gasteiger partial charge in [0.1, 0.15) is 0 Å². The maximum absolute atomic E-state index is 11.5. The summed E-state index contributed by atoms with van der Waals surface area (Å²) in [5.74, 6) is -0.908. The summed E-state index contributed by atoms with van der Waals surface area (Å²) >= 11 is 0. The number of carboxylic acids is 1. The van der Waals surface area contributed by atoms with Gasteiger partial charge in [-0.25, -0.2) is 4.79 Å². The maximum atomic E-state index is 11.5. The Morgan fingerprint density at radius 3 is 2.44 bits per heavy atom. The van der Waals surface area contributed by atoms with Crippen LogP contribution in [-0.4, -0.2) is 80.9 Å². The standard InChI is InChI=1S/C11H23N3O4/c1-13(8-9-18-3)7-5-12-11(17)14(2)6-4-10(15)16/h4-9H2,1-3H3,(H,12,17)(H,15,16). The molecule has 0 radical (unpaired) electrons. The van der Waals surface area contributed by atoms with Crippen LogP contribution < -0.4 is 5.32 Å². The molecule has 18 heavy (non-hydrogen) atoms. The molecule has 0 rings (SSSR count). The summed E-state index contributed by atoms with van der Waals surface area (Å²) in [5, 5.41) is 11.2. The van der Waals surface area contributed by atoms with Crippen molar-refractivity contribution in [1.82, 2.24) is 15.1 Å². The first-order valence-corrected chi connectivity index (χ1v) is 5.85. The molecule has 2 amide bonds. The number of likely N-dealkylation sites (N-methyl/N-ethyl adjacent to an activating group) is 1. The van der Waals surface area contributed by atoms with E-state index < -0.39 is 5.97 Å². The number of hydrogen-bond acceptors (Lipinski definition) is 4. The summed E-state index contributed by atoms with van der Waals surface area (Å²) in [7, 11) is 5.17. The summed E-state index contributed by atoms with van der Waals surface area (Å²) in [6.45, 7) is 2.92. The van der Waals surface area contributed by atoms with Crippen LogP contribution in [0.25, 0.3) is 0 Å². The number of methoxy groups -OCH3 is 1. The molecule has 0 spiro atoms.